The number of Topliss-reactive ketones (excluding diaryl/α,β-unsaturated/α-hetero) is 2. The molecule has 0 radical (unpaired) electrons. The van der Waals surface area contributed by atoms with Crippen LogP contribution in [0.4, 0.5) is 0 Å². The number of hydrogen-bond acceptors (Lipinski definition) is 5. The van der Waals surface area contributed by atoms with E-state index in [0.717, 1.165) is 45.1 Å². The maximum absolute atomic E-state index is 12.2. The summed E-state index contributed by atoms with van der Waals surface area (Å²) < 4.78 is 10.0. The third kappa shape index (κ3) is 16.4. The van der Waals surface area contributed by atoms with Crippen LogP contribution in [0.25, 0.3) is 0 Å². The largest absolute Gasteiger partial charge is 0.385 e. The molecule has 0 aromatic heterocycles. The summed E-state index contributed by atoms with van der Waals surface area (Å²) in [5.74, 6) is 0.470. The number of carbonyl (C=O) groups is 2. The Hall–Kier alpha value is -0.780. The molecular weight excluding hydrogens is 318 g/mol. The van der Waals surface area contributed by atoms with Crippen LogP contribution in [0.3, 0.4) is 0 Å². The Morgan fingerprint density at radius 3 is 1.68 bits per heavy atom. The van der Waals surface area contributed by atoms with Crippen LogP contribution >= 0.6 is 0 Å². The van der Waals surface area contributed by atoms with Crippen molar-refractivity contribution in [3.63, 3.8) is 0 Å². The predicted molar refractivity (Wildman–Crippen MR) is 102 cm³/mol. The lowest BCUT2D eigenvalue weighted by molar-refractivity contribution is -0.123. The molecule has 0 saturated carbocycles. The predicted octanol–water partition coefficient (Wildman–Crippen LogP) is 3.64. The van der Waals surface area contributed by atoms with E-state index in [1.54, 1.807) is 14.2 Å². The third-order valence-corrected chi connectivity index (χ3v) is 4.24. The van der Waals surface area contributed by atoms with Crippen LogP contribution in [0.1, 0.15) is 71.1 Å². The highest BCUT2D eigenvalue weighted by molar-refractivity contribution is 5.83. The molecule has 0 saturated heterocycles. The van der Waals surface area contributed by atoms with Gasteiger partial charge in [-0.05, 0) is 38.6 Å². The normalized spacial score (nSPS) is 11.2. The van der Waals surface area contributed by atoms with E-state index in [1.807, 2.05) is 4.90 Å². The minimum atomic E-state index is 0.235. The van der Waals surface area contributed by atoms with Crippen molar-refractivity contribution in [3.05, 3.63) is 0 Å². The quantitative estimate of drug-likeness (QED) is 0.330. The summed E-state index contributed by atoms with van der Waals surface area (Å²) in [6.45, 7) is 5.24. The Morgan fingerprint density at radius 2 is 1.24 bits per heavy atom. The van der Waals surface area contributed by atoms with E-state index < -0.39 is 0 Å². The first-order chi connectivity index (χ1) is 12.1. The Morgan fingerprint density at radius 1 is 0.720 bits per heavy atom. The average Bonchev–Trinajstić information content (AvgIpc) is 2.59. The lowest BCUT2D eigenvalue weighted by atomic mass is 10.1. The van der Waals surface area contributed by atoms with Gasteiger partial charge >= 0.3 is 0 Å². The Balaban J connectivity index is 4.19. The smallest absolute Gasteiger partial charge is 0.146 e. The molecule has 0 N–H and O–H groups in total. The van der Waals surface area contributed by atoms with Crippen molar-refractivity contribution in [1.29, 1.82) is 0 Å². The highest BCUT2D eigenvalue weighted by Gasteiger charge is 2.14. The zero-order valence-corrected chi connectivity index (χ0v) is 16.7. The van der Waals surface area contributed by atoms with Crippen LogP contribution in [-0.4, -0.2) is 63.5 Å². The molecule has 0 aromatic rings. The van der Waals surface area contributed by atoms with E-state index in [4.69, 9.17) is 9.47 Å². The van der Waals surface area contributed by atoms with Crippen LogP contribution in [0, 0.1) is 0 Å². The first-order valence-electron chi connectivity index (χ1n) is 9.87. The van der Waals surface area contributed by atoms with Crippen LogP contribution in [-0.2, 0) is 19.1 Å². The van der Waals surface area contributed by atoms with Crippen molar-refractivity contribution in [2.45, 2.75) is 71.1 Å². The molecule has 5 nitrogen and oxygen atoms in total. The van der Waals surface area contributed by atoms with E-state index >= 15 is 0 Å². The minimum Gasteiger partial charge on any atom is -0.385 e. The van der Waals surface area contributed by atoms with Crippen LogP contribution in [0.15, 0.2) is 0 Å². The first-order valence-corrected chi connectivity index (χ1v) is 9.87. The summed E-state index contributed by atoms with van der Waals surface area (Å²) in [4.78, 5) is 26.4. The van der Waals surface area contributed by atoms with E-state index in [2.05, 4.69) is 6.92 Å². The molecule has 0 bridgehead atoms. The molecule has 0 atom stereocenters. The fraction of sp³-hybridized carbons (Fsp3) is 0.900. The monoisotopic (exact) mass is 357 g/mol. The number of hydrogen-bond donors (Lipinski definition) is 0. The molecule has 0 rings (SSSR count). The summed E-state index contributed by atoms with van der Waals surface area (Å²) >= 11 is 0. The van der Waals surface area contributed by atoms with Gasteiger partial charge < -0.3 is 9.47 Å². The SMILES string of the molecule is CCCCCCN(CC(=O)CCCCOC)CC(=O)CCCCOC. The molecular formula is C20H39NO4. The molecule has 0 aliphatic rings. The molecule has 0 aromatic carbocycles. The number of nitrogens with zero attached hydrogens (tertiary/aromatic N) is 1. The van der Waals surface area contributed by atoms with Gasteiger partial charge in [0, 0.05) is 40.3 Å². The Kier molecular flexibility index (Phi) is 17.5. The number of rotatable bonds is 19. The highest BCUT2D eigenvalue weighted by atomic mass is 16.5. The zero-order chi connectivity index (χ0) is 18.8. The van der Waals surface area contributed by atoms with Crippen molar-refractivity contribution in [1.82, 2.24) is 4.90 Å². The fourth-order valence-electron chi connectivity index (χ4n) is 2.77. The maximum Gasteiger partial charge on any atom is 0.146 e. The molecule has 25 heavy (non-hydrogen) atoms. The van der Waals surface area contributed by atoms with Gasteiger partial charge in [-0.25, -0.2) is 0 Å². The zero-order valence-electron chi connectivity index (χ0n) is 16.7. The molecule has 0 amide bonds. The van der Waals surface area contributed by atoms with Gasteiger partial charge in [-0.2, -0.15) is 0 Å². The van der Waals surface area contributed by atoms with Gasteiger partial charge in [0.2, 0.25) is 0 Å². The van der Waals surface area contributed by atoms with E-state index in [1.165, 1.54) is 12.8 Å². The van der Waals surface area contributed by atoms with Gasteiger partial charge in [0.15, 0.2) is 0 Å². The minimum absolute atomic E-state index is 0.235. The Bertz CT molecular complexity index is 308. The number of methoxy groups -OCH3 is 2. The molecule has 0 spiro atoms. The number of carbonyl (C=O) groups excluding carboxylic acids is 2. The topological polar surface area (TPSA) is 55.8 Å². The number of unbranched alkanes of at least 4 members (excludes halogenated alkanes) is 5. The number of ether oxygens (including phenoxy) is 2. The number of ketones is 2. The van der Waals surface area contributed by atoms with Gasteiger partial charge in [0.05, 0.1) is 13.1 Å². The lowest BCUT2D eigenvalue weighted by Gasteiger charge is -2.21. The van der Waals surface area contributed by atoms with Gasteiger partial charge in [-0.1, -0.05) is 26.2 Å². The molecule has 0 unspecified atom stereocenters. The van der Waals surface area contributed by atoms with Crippen molar-refractivity contribution in [2.24, 2.45) is 0 Å². The van der Waals surface area contributed by atoms with Gasteiger partial charge in [0.1, 0.15) is 11.6 Å². The van der Waals surface area contributed by atoms with Crippen molar-refractivity contribution < 1.29 is 19.1 Å². The summed E-state index contributed by atoms with van der Waals surface area (Å²) in [6.07, 6.45) is 9.34. The van der Waals surface area contributed by atoms with Gasteiger partial charge in [-0.15, -0.1) is 0 Å². The van der Waals surface area contributed by atoms with Crippen molar-refractivity contribution >= 4 is 11.6 Å². The second-order valence-corrected chi connectivity index (χ2v) is 6.75. The first kappa shape index (κ1) is 24.2. The van der Waals surface area contributed by atoms with Gasteiger partial charge in [0.25, 0.3) is 0 Å². The van der Waals surface area contributed by atoms with Crippen LogP contribution in [0.2, 0.25) is 0 Å². The highest BCUT2D eigenvalue weighted by Crippen LogP contribution is 2.06. The molecule has 5 heteroatoms. The molecule has 148 valence electrons. The summed E-state index contributed by atoms with van der Waals surface area (Å²) in [5.41, 5.74) is 0. The molecule has 0 aliphatic heterocycles. The Labute approximate surface area is 154 Å². The lowest BCUT2D eigenvalue weighted by Crippen LogP contribution is -2.35. The summed E-state index contributed by atoms with van der Waals surface area (Å²) in [5, 5.41) is 0. The van der Waals surface area contributed by atoms with E-state index in [0.29, 0.717) is 39.1 Å². The summed E-state index contributed by atoms with van der Waals surface area (Å²) in [6, 6.07) is 0. The van der Waals surface area contributed by atoms with Crippen LogP contribution < -0.4 is 0 Å². The second-order valence-electron chi connectivity index (χ2n) is 6.75. The van der Waals surface area contributed by atoms with E-state index in [9.17, 15) is 9.59 Å². The maximum atomic E-state index is 12.2. The standard InChI is InChI=1S/C20H39NO4/c1-4-5-6-9-14-21(17-19(22)12-7-10-15-24-2)18-20(23)13-8-11-16-25-3/h4-18H2,1-3H3. The molecule has 0 aliphatic carbocycles. The third-order valence-electron chi connectivity index (χ3n) is 4.24. The average molecular weight is 358 g/mol. The van der Waals surface area contributed by atoms with E-state index in [-0.39, 0.29) is 11.6 Å². The van der Waals surface area contributed by atoms with Crippen LogP contribution in [0.5, 0.6) is 0 Å². The van der Waals surface area contributed by atoms with Crippen molar-refractivity contribution in [3.8, 4) is 0 Å². The summed E-state index contributed by atoms with van der Waals surface area (Å²) in [7, 11) is 3.36. The van der Waals surface area contributed by atoms with Crippen molar-refractivity contribution in [2.75, 3.05) is 47.1 Å². The molecule has 0 fully saturated rings. The second kappa shape index (κ2) is 18.0. The van der Waals surface area contributed by atoms with Gasteiger partial charge in [-0.3, -0.25) is 14.5 Å². The molecule has 0 heterocycles. The fourth-order valence-corrected chi connectivity index (χ4v) is 2.77.